The van der Waals surface area contributed by atoms with E-state index >= 15 is 0 Å². The van der Waals surface area contributed by atoms with E-state index < -0.39 is 0 Å². The number of aliphatic hydroxyl groups excluding tert-OH is 1. The molecule has 1 amide bonds. The number of aliphatic hydroxyl groups is 1. The average Bonchev–Trinajstić information content (AvgIpc) is 2.99. The summed E-state index contributed by atoms with van der Waals surface area (Å²) in [5.41, 5.74) is 1.05. The van der Waals surface area contributed by atoms with E-state index in [0.717, 1.165) is 83.4 Å². The molecule has 3 aliphatic heterocycles. The van der Waals surface area contributed by atoms with E-state index in [2.05, 4.69) is 22.0 Å². The highest BCUT2D eigenvalue weighted by molar-refractivity contribution is 5.88. The first-order valence-corrected chi connectivity index (χ1v) is 10.4. The predicted molar refractivity (Wildman–Crippen MR) is 102 cm³/mol. The Morgan fingerprint density at radius 3 is 2.58 bits per heavy atom. The Labute approximate surface area is 156 Å². The van der Waals surface area contributed by atoms with Gasteiger partial charge in [-0.3, -0.25) is 4.79 Å². The van der Waals surface area contributed by atoms with Crippen molar-refractivity contribution in [1.29, 1.82) is 0 Å². The van der Waals surface area contributed by atoms with E-state index in [0.29, 0.717) is 11.9 Å². The van der Waals surface area contributed by atoms with Crippen molar-refractivity contribution in [2.45, 2.75) is 70.4 Å². The van der Waals surface area contributed by atoms with Crippen molar-refractivity contribution >= 4 is 11.6 Å². The van der Waals surface area contributed by atoms with E-state index in [1.807, 2.05) is 6.20 Å². The number of amides is 1. The molecule has 0 atom stereocenters. The van der Waals surface area contributed by atoms with Gasteiger partial charge in [0.1, 0.15) is 5.82 Å². The summed E-state index contributed by atoms with van der Waals surface area (Å²) in [6.07, 6.45) is 9.32. The Morgan fingerprint density at radius 1 is 1.19 bits per heavy atom. The number of likely N-dealkylation sites (tertiary alicyclic amines) is 2. The molecule has 0 aromatic rings. The summed E-state index contributed by atoms with van der Waals surface area (Å²) < 4.78 is 0. The van der Waals surface area contributed by atoms with Gasteiger partial charge in [-0.2, -0.15) is 0 Å². The second-order valence-corrected chi connectivity index (χ2v) is 8.39. The third-order valence-electron chi connectivity index (χ3n) is 6.92. The highest BCUT2D eigenvalue weighted by atomic mass is 16.3. The summed E-state index contributed by atoms with van der Waals surface area (Å²) in [5.74, 6) is 1.42. The highest BCUT2D eigenvalue weighted by Gasteiger charge is 2.50. The zero-order valence-electron chi connectivity index (χ0n) is 15.9. The van der Waals surface area contributed by atoms with Crippen molar-refractivity contribution in [1.82, 2.24) is 15.1 Å². The van der Waals surface area contributed by atoms with Gasteiger partial charge in [0, 0.05) is 37.6 Å². The molecule has 6 nitrogen and oxygen atoms in total. The van der Waals surface area contributed by atoms with Gasteiger partial charge in [0.25, 0.3) is 0 Å². The molecule has 0 aromatic heterocycles. The number of aliphatic imine (C=N–C) groups is 1. The average molecular weight is 361 g/mol. The fourth-order valence-electron chi connectivity index (χ4n) is 5.05. The molecule has 1 spiro atoms. The Hall–Kier alpha value is -1.56. The maximum absolute atomic E-state index is 13.2. The summed E-state index contributed by atoms with van der Waals surface area (Å²) in [6, 6.07) is 0.352. The standard InChI is InChI=1S/C20H32N4O2/c1-2-15-13-21-14-18(22-15)23-10-7-20(8-11-23)9-12-24(19(20)26)16-3-5-17(25)6-4-16/h14,16-17,21,25H,2-13H2,1H3. The second-order valence-electron chi connectivity index (χ2n) is 8.39. The van der Waals surface area contributed by atoms with Gasteiger partial charge in [0.15, 0.2) is 0 Å². The second kappa shape index (κ2) is 7.22. The summed E-state index contributed by atoms with van der Waals surface area (Å²) in [6.45, 7) is 5.72. The fourth-order valence-corrected chi connectivity index (χ4v) is 5.05. The molecule has 26 heavy (non-hydrogen) atoms. The lowest BCUT2D eigenvalue weighted by atomic mass is 9.77. The van der Waals surface area contributed by atoms with Gasteiger partial charge < -0.3 is 20.2 Å². The Bertz CT molecular complexity index is 599. The topological polar surface area (TPSA) is 68.2 Å². The number of carbonyl (C=O) groups is 1. The van der Waals surface area contributed by atoms with E-state index in [-0.39, 0.29) is 11.5 Å². The molecule has 1 saturated carbocycles. The molecule has 4 aliphatic rings. The molecule has 144 valence electrons. The van der Waals surface area contributed by atoms with E-state index in [1.54, 1.807) is 0 Å². The van der Waals surface area contributed by atoms with Gasteiger partial charge in [0.05, 0.1) is 18.1 Å². The van der Waals surface area contributed by atoms with Gasteiger partial charge in [-0.15, -0.1) is 0 Å². The van der Waals surface area contributed by atoms with Gasteiger partial charge in [0.2, 0.25) is 5.91 Å². The Balaban J connectivity index is 1.37. The van der Waals surface area contributed by atoms with Crippen LogP contribution in [0.25, 0.3) is 0 Å². The molecule has 0 bridgehead atoms. The number of carbonyl (C=O) groups excluding carboxylic acids is 1. The van der Waals surface area contributed by atoms with Crippen molar-refractivity contribution in [3.05, 3.63) is 12.0 Å². The molecule has 6 heteroatoms. The van der Waals surface area contributed by atoms with Crippen molar-refractivity contribution in [2.75, 3.05) is 26.2 Å². The zero-order valence-corrected chi connectivity index (χ0v) is 15.9. The minimum atomic E-state index is -0.160. The maximum atomic E-state index is 13.2. The summed E-state index contributed by atoms with van der Waals surface area (Å²) in [7, 11) is 0. The van der Waals surface area contributed by atoms with Crippen molar-refractivity contribution < 1.29 is 9.90 Å². The van der Waals surface area contributed by atoms with Crippen LogP contribution in [-0.4, -0.2) is 64.9 Å². The molecular weight excluding hydrogens is 328 g/mol. The van der Waals surface area contributed by atoms with Crippen LogP contribution in [0.2, 0.25) is 0 Å². The molecule has 2 N–H and O–H groups in total. The van der Waals surface area contributed by atoms with E-state index in [1.165, 1.54) is 5.71 Å². The number of nitrogens with one attached hydrogen (secondary N) is 1. The third kappa shape index (κ3) is 3.24. The molecular formula is C20H32N4O2. The highest BCUT2D eigenvalue weighted by Crippen LogP contribution is 2.44. The number of hydrogen-bond acceptors (Lipinski definition) is 5. The largest absolute Gasteiger partial charge is 0.393 e. The van der Waals surface area contributed by atoms with Crippen molar-refractivity contribution in [2.24, 2.45) is 10.4 Å². The van der Waals surface area contributed by atoms with Crippen LogP contribution >= 0.6 is 0 Å². The van der Waals surface area contributed by atoms with E-state index in [9.17, 15) is 9.90 Å². The Kier molecular flexibility index (Phi) is 4.95. The van der Waals surface area contributed by atoms with Crippen LogP contribution in [-0.2, 0) is 4.79 Å². The number of rotatable bonds is 3. The molecule has 0 unspecified atom stereocenters. The molecule has 4 rings (SSSR count). The molecule has 0 radical (unpaired) electrons. The van der Waals surface area contributed by atoms with Crippen LogP contribution in [0.3, 0.4) is 0 Å². The normalized spacial score (nSPS) is 31.7. The predicted octanol–water partition coefficient (Wildman–Crippen LogP) is 1.86. The molecule has 1 aliphatic carbocycles. The van der Waals surface area contributed by atoms with Crippen LogP contribution in [0.5, 0.6) is 0 Å². The first kappa shape index (κ1) is 17.8. The lowest BCUT2D eigenvalue weighted by Gasteiger charge is -2.40. The smallest absolute Gasteiger partial charge is 0.229 e. The molecule has 3 heterocycles. The van der Waals surface area contributed by atoms with Crippen LogP contribution in [0.1, 0.15) is 58.3 Å². The first-order valence-electron chi connectivity index (χ1n) is 10.4. The lowest BCUT2D eigenvalue weighted by Crippen LogP contribution is -2.47. The summed E-state index contributed by atoms with van der Waals surface area (Å²) in [4.78, 5) is 22.5. The third-order valence-corrected chi connectivity index (χ3v) is 6.92. The number of hydrogen-bond donors (Lipinski definition) is 2. The minimum absolute atomic E-state index is 0.146. The first-order chi connectivity index (χ1) is 12.6. The van der Waals surface area contributed by atoms with Gasteiger partial charge >= 0.3 is 0 Å². The maximum Gasteiger partial charge on any atom is 0.229 e. The molecule has 3 fully saturated rings. The number of piperidine rings is 1. The monoisotopic (exact) mass is 360 g/mol. The summed E-state index contributed by atoms with van der Waals surface area (Å²) >= 11 is 0. The van der Waals surface area contributed by atoms with Crippen molar-refractivity contribution in [3.63, 3.8) is 0 Å². The zero-order chi connectivity index (χ0) is 18.1. The van der Waals surface area contributed by atoms with Crippen LogP contribution in [0.15, 0.2) is 17.0 Å². The molecule has 2 saturated heterocycles. The quantitative estimate of drug-likeness (QED) is 0.806. The van der Waals surface area contributed by atoms with Crippen LogP contribution in [0, 0.1) is 5.41 Å². The minimum Gasteiger partial charge on any atom is -0.393 e. The lowest BCUT2D eigenvalue weighted by molar-refractivity contribution is -0.141. The SMILES string of the molecule is CCC1=NC(N2CCC3(CC2)CCN(C2CCC(O)CC2)C3=O)=CNC1. The van der Waals surface area contributed by atoms with Crippen LogP contribution in [0.4, 0.5) is 0 Å². The van der Waals surface area contributed by atoms with Crippen LogP contribution < -0.4 is 5.32 Å². The van der Waals surface area contributed by atoms with E-state index in [4.69, 9.17) is 4.99 Å². The molecule has 0 aromatic carbocycles. The summed E-state index contributed by atoms with van der Waals surface area (Å²) in [5, 5.41) is 13.1. The Morgan fingerprint density at radius 2 is 1.88 bits per heavy atom. The van der Waals surface area contributed by atoms with Crippen molar-refractivity contribution in [3.8, 4) is 0 Å². The fraction of sp³-hybridized carbons (Fsp3) is 0.800. The van der Waals surface area contributed by atoms with Gasteiger partial charge in [-0.05, 0) is 51.4 Å². The van der Waals surface area contributed by atoms with Gasteiger partial charge in [-0.25, -0.2) is 4.99 Å². The number of nitrogens with zero attached hydrogens (tertiary/aromatic N) is 3. The van der Waals surface area contributed by atoms with Gasteiger partial charge in [-0.1, -0.05) is 6.92 Å².